The fraction of sp³-hybridized carbons (Fsp3) is 0.400. The monoisotopic (exact) mass is 288 g/mol. The van der Waals surface area contributed by atoms with Crippen molar-refractivity contribution in [3.05, 3.63) is 22.6 Å². The van der Waals surface area contributed by atoms with Crippen LogP contribution in [0.2, 0.25) is 0 Å². The Labute approximate surface area is 102 Å². The van der Waals surface area contributed by atoms with Gasteiger partial charge in [0.15, 0.2) is 4.67 Å². The Morgan fingerprint density at radius 2 is 2.19 bits per heavy atom. The van der Waals surface area contributed by atoms with Crippen molar-refractivity contribution < 1.29 is 14.0 Å². The van der Waals surface area contributed by atoms with E-state index < -0.39 is 0 Å². The highest BCUT2D eigenvalue weighted by Gasteiger charge is 2.12. The van der Waals surface area contributed by atoms with E-state index in [0.717, 1.165) is 0 Å². The predicted octanol–water partition coefficient (Wildman–Crippen LogP) is 1.25. The minimum Gasteiger partial charge on any atom is -0.457 e. The van der Waals surface area contributed by atoms with Crippen LogP contribution < -0.4 is 5.32 Å². The Balaban J connectivity index is 2.37. The molecule has 0 aromatic carbocycles. The lowest BCUT2D eigenvalue weighted by atomic mass is 10.3. The van der Waals surface area contributed by atoms with E-state index in [9.17, 15) is 9.59 Å². The summed E-state index contributed by atoms with van der Waals surface area (Å²) in [7, 11) is 3.35. The molecule has 1 aromatic rings. The van der Waals surface area contributed by atoms with Crippen LogP contribution in [0.4, 0.5) is 0 Å². The number of nitrogens with zero attached hydrogens (tertiary/aromatic N) is 1. The van der Waals surface area contributed by atoms with Crippen LogP contribution in [0.1, 0.15) is 16.8 Å². The summed E-state index contributed by atoms with van der Waals surface area (Å²) >= 11 is 3.11. The van der Waals surface area contributed by atoms with Crippen molar-refractivity contribution in [2.75, 3.05) is 20.6 Å². The van der Waals surface area contributed by atoms with Crippen LogP contribution in [0.15, 0.2) is 21.4 Å². The van der Waals surface area contributed by atoms with E-state index in [1.54, 1.807) is 20.2 Å². The number of carbonyl (C=O) groups is 2. The van der Waals surface area contributed by atoms with Crippen molar-refractivity contribution >= 4 is 27.7 Å². The molecule has 0 saturated heterocycles. The van der Waals surface area contributed by atoms with Crippen molar-refractivity contribution in [2.24, 2.45) is 0 Å². The second-order valence-corrected chi connectivity index (χ2v) is 4.12. The molecule has 0 aliphatic rings. The zero-order chi connectivity index (χ0) is 12.1. The number of furan rings is 1. The molecule has 0 bridgehead atoms. The third-order valence-electron chi connectivity index (χ3n) is 1.99. The van der Waals surface area contributed by atoms with Gasteiger partial charge < -0.3 is 14.6 Å². The van der Waals surface area contributed by atoms with Gasteiger partial charge in [-0.1, -0.05) is 0 Å². The number of hydrogen-bond donors (Lipinski definition) is 1. The first-order chi connectivity index (χ1) is 7.52. The lowest BCUT2D eigenvalue weighted by Crippen LogP contribution is -2.30. The molecule has 1 N–H and O–H groups in total. The minimum absolute atomic E-state index is 0.0217. The summed E-state index contributed by atoms with van der Waals surface area (Å²) in [6, 6.07) is 1.56. The van der Waals surface area contributed by atoms with E-state index in [1.165, 1.54) is 11.2 Å². The van der Waals surface area contributed by atoms with Crippen LogP contribution in [0, 0.1) is 0 Å². The Bertz CT molecular complexity index is 387. The Kier molecular flexibility index (Phi) is 4.54. The van der Waals surface area contributed by atoms with Gasteiger partial charge in [-0.15, -0.1) is 0 Å². The summed E-state index contributed by atoms with van der Waals surface area (Å²) < 4.78 is 5.32. The topological polar surface area (TPSA) is 62.6 Å². The molecule has 0 aliphatic heterocycles. The lowest BCUT2D eigenvalue weighted by molar-refractivity contribution is -0.128. The molecule has 0 spiro atoms. The number of hydrogen-bond acceptors (Lipinski definition) is 3. The standard InChI is InChI=1S/C10H13BrN2O3/c1-13(2)8(14)3-5-12-10(15)7-4-6-16-9(7)11/h4,6H,3,5H2,1-2H3,(H,12,15). The maximum Gasteiger partial charge on any atom is 0.255 e. The summed E-state index contributed by atoms with van der Waals surface area (Å²) in [5.74, 6) is -0.279. The zero-order valence-corrected chi connectivity index (χ0v) is 10.7. The smallest absolute Gasteiger partial charge is 0.255 e. The van der Waals surface area contributed by atoms with Crippen LogP contribution in [0.3, 0.4) is 0 Å². The molecule has 0 fully saturated rings. The van der Waals surface area contributed by atoms with E-state index in [-0.39, 0.29) is 18.2 Å². The van der Waals surface area contributed by atoms with E-state index in [1.807, 2.05) is 0 Å². The van der Waals surface area contributed by atoms with Gasteiger partial charge in [0.05, 0.1) is 11.8 Å². The molecule has 0 atom stereocenters. The summed E-state index contributed by atoms with van der Waals surface area (Å²) in [6.45, 7) is 0.313. The van der Waals surface area contributed by atoms with E-state index in [2.05, 4.69) is 21.2 Å². The molecule has 0 saturated carbocycles. The molecule has 0 aliphatic carbocycles. The van der Waals surface area contributed by atoms with Gasteiger partial charge in [0.2, 0.25) is 5.91 Å². The predicted molar refractivity (Wildman–Crippen MR) is 62.1 cm³/mol. The number of nitrogens with one attached hydrogen (secondary N) is 1. The first-order valence-corrected chi connectivity index (χ1v) is 5.53. The average molecular weight is 289 g/mol. The van der Waals surface area contributed by atoms with Crippen LogP contribution in [-0.4, -0.2) is 37.4 Å². The largest absolute Gasteiger partial charge is 0.457 e. The highest BCUT2D eigenvalue weighted by Crippen LogP contribution is 2.16. The quantitative estimate of drug-likeness (QED) is 0.907. The summed E-state index contributed by atoms with van der Waals surface area (Å²) in [5.41, 5.74) is 0.428. The first-order valence-electron chi connectivity index (χ1n) is 4.73. The summed E-state index contributed by atoms with van der Waals surface area (Å²) in [5, 5.41) is 2.64. The number of amides is 2. The molecule has 0 radical (unpaired) electrons. The molecule has 88 valence electrons. The molecular weight excluding hydrogens is 276 g/mol. The van der Waals surface area contributed by atoms with Gasteiger partial charge in [-0.05, 0) is 22.0 Å². The van der Waals surface area contributed by atoms with Crippen LogP contribution in [-0.2, 0) is 4.79 Å². The molecule has 1 aromatic heterocycles. The van der Waals surface area contributed by atoms with Gasteiger partial charge >= 0.3 is 0 Å². The van der Waals surface area contributed by atoms with E-state index >= 15 is 0 Å². The summed E-state index contributed by atoms with van der Waals surface area (Å²) in [4.78, 5) is 24.3. The highest BCUT2D eigenvalue weighted by molar-refractivity contribution is 9.10. The van der Waals surface area contributed by atoms with Crippen molar-refractivity contribution in [1.29, 1.82) is 0 Å². The fourth-order valence-electron chi connectivity index (χ4n) is 1.06. The average Bonchev–Trinajstić information content (AvgIpc) is 2.64. The Morgan fingerprint density at radius 1 is 1.50 bits per heavy atom. The van der Waals surface area contributed by atoms with E-state index in [4.69, 9.17) is 4.42 Å². The normalized spacial score (nSPS) is 9.94. The van der Waals surface area contributed by atoms with Crippen molar-refractivity contribution in [2.45, 2.75) is 6.42 Å². The lowest BCUT2D eigenvalue weighted by Gasteiger charge is -2.10. The van der Waals surface area contributed by atoms with Gasteiger partial charge in [0.25, 0.3) is 5.91 Å². The molecule has 1 heterocycles. The second-order valence-electron chi connectivity index (χ2n) is 3.40. The van der Waals surface area contributed by atoms with E-state index in [0.29, 0.717) is 16.8 Å². The Morgan fingerprint density at radius 3 is 2.69 bits per heavy atom. The molecule has 0 unspecified atom stereocenters. The first kappa shape index (κ1) is 12.8. The van der Waals surface area contributed by atoms with Crippen molar-refractivity contribution in [1.82, 2.24) is 10.2 Å². The third kappa shape index (κ3) is 3.37. The summed E-state index contributed by atoms with van der Waals surface area (Å²) in [6.07, 6.45) is 1.71. The number of carbonyl (C=O) groups excluding carboxylic acids is 2. The fourth-order valence-corrected chi connectivity index (χ4v) is 1.48. The Hall–Kier alpha value is -1.30. The molecule has 5 nitrogen and oxygen atoms in total. The molecule has 16 heavy (non-hydrogen) atoms. The minimum atomic E-state index is -0.257. The molecule has 2 amide bonds. The molecular formula is C10H13BrN2O3. The maximum atomic E-state index is 11.6. The highest BCUT2D eigenvalue weighted by atomic mass is 79.9. The second kappa shape index (κ2) is 5.69. The zero-order valence-electron chi connectivity index (χ0n) is 9.12. The van der Waals surface area contributed by atoms with Gasteiger partial charge in [-0.2, -0.15) is 0 Å². The number of halogens is 1. The van der Waals surface area contributed by atoms with Crippen LogP contribution >= 0.6 is 15.9 Å². The van der Waals surface area contributed by atoms with Crippen LogP contribution in [0.5, 0.6) is 0 Å². The van der Waals surface area contributed by atoms with Gasteiger partial charge in [-0.3, -0.25) is 9.59 Å². The van der Waals surface area contributed by atoms with Gasteiger partial charge in [-0.25, -0.2) is 0 Å². The van der Waals surface area contributed by atoms with Crippen LogP contribution in [0.25, 0.3) is 0 Å². The van der Waals surface area contributed by atoms with Gasteiger partial charge in [0, 0.05) is 27.1 Å². The molecule has 1 rings (SSSR count). The van der Waals surface area contributed by atoms with Crippen molar-refractivity contribution in [3.8, 4) is 0 Å². The SMILES string of the molecule is CN(C)C(=O)CCNC(=O)c1ccoc1Br. The van der Waals surface area contributed by atoms with Crippen molar-refractivity contribution in [3.63, 3.8) is 0 Å². The third-order valence-corrected chi connectivity index (χ3v) is 2.60. The maximum absolute atomic E-state index is 11.6. The molecule has 6 heteroatoms. The van der Waals surface area contributed by atoms with Gasteiger partial charge in [0.1, 0.15) is 0 Å². The number of rotatable bonds is 4.